The first kappa shape index (κ1) is 15.9. The van der Waals surface area contributed by atoms with E-state index in [-0.39, 0.29) is 18.1 Å². The largest absolute Gasteiger partial charge is 0.380 e. The highest BCUT2D eigenvalue weighted by Crippen LogP contribution is 2.21. The monoisotopic (exact) mass is 296 g/mol. The fourth-order valence-electron chi connectivity index (χ4n) is 2.55. The zero-order chi connectivity index (χ0) is 15.4. The lowest BCUT2D eigenvalue weighted by atomic mass is 10.1. The minimum Gasteiger partial charge on any atom is -0.380 e. The van der Waals surface area contributed by atoms with E-state index < -0.39 is 0 Å². The molecule has 0 radical (unpaired) electrons. The summed E-state index contributed by atoms with van der Waals surface area (Å²) in [5.41, 5.74) is 5.44. The Bertz CT molecular complexity index is 475. The smallest absolute Gasteiger partial charge is 0.240 e. The number of primary amides is 1. The predicted octanol–water partition coefficient (Wildman–Crippen LogP) is 0.733. The Morgan fingerprint density at radius 2 is 2.33 bits per heavy atom. The molecule has 0 spiro atoms. The molecule has 1 aromatic heterocycles. The minimum absolute atomic E-state index is 0.0193. The maximum Gasteiger partial charge on any atom is 0.240 e. The van der Waals surface area contributed by atoms with Crippen LogP contribution in [-0.4, -0.2) is 46.7 Å². The van der Waals surface area contributed by atoms with Crippen LogP contribution in [0.1, 0.15) is 38.4 Å². The van der Waals surface area contributed by atoms with Crippen molar-refractivity contribution in [3.8, 4) is 0 Å². The van der Waals surface area contributed by atoms with Gasteiger partial charge < -0.3 is 15.0 Å². The normalized spacial score (nSPS) is 23.0. The van der Waals surface area contributed by atoms with Crippen molar-refractivity contribution in [1.29, 1.82) is 0 Å². The van der Waals surface area contributed by atoms with Crippen LogP contribution in [0.15, 0.2) is 4.52 Å². The molecule has 7 nitrogen and oxygen atoms in total. The van der Waals surface area contributed by atoms with Crippen molar-refractivity contribution in [1.82, 2.24) is 15.0 Å². The van der Waals surface area contributed by atoms with Gasteiger partial charge in [0, 0.05) is 20.1 Å². The van der Waals surface area contributed by atoms with Crippen LogP contribution < -0.4 is 5.73 Å². The average Bonchev–Trinajstić information content (AvgIpc) is 3.03. The van der Waals surface area contributed by atoms with Crippen LogP contribution in [0.2, 0.25) is 0 Å². The van der Waals surface area contributed by atoms with Gasteiger partial charge >= 0.3 is 0 Å². The molecule has 2 rings (SSSR count). The Balaban J connectivity index is 1.95. The number of nitrogens with zero attached hydrogens (tertiary/aromatic N) is 3. The van der Waals surface area contributed by atoms with Crippen LogP contribution in [0.25, 0.3) is 0 Å². The van der Waals surface area contributed by atoms with E-state index in [1.54, 1.807) is 7.11 Å². The Hall–Kier alpha value is -1.47. The quantitative estimate of drug-likeness (QED) is 0.797. The predicted molar refractivity (Wildman–Crippen MR) is 76.3 cm³/mol. The summed E-state index contributed by atoms with van der Waals surface area (Å²) in [4.78, 5) is 17.8. The number of methoxy groups -OCH3 is 1. The van der Waals surface area contributed by atoms with Gasteiger partial charge in [-0.3, -0.25) is 9.69 Å². The van der Waals surface area contributed by atoms with Crippen molar-refractivity contribution >= 4 is 5.91 Å². The van der Waals surface area contributed by atoms with Gasteiger partial charge in [0.2, 0.25) is 11.8 Å². The molecule has 0 bridgehead atoms. The number of hydrogen-bond acceptors (Lipinski definition) is 6. The molecule has 1 saturated heterocycles. The van der Waals surface area contributed by atoms with Crippen LogP contribution in [0.4, 0.5) is 0 Å². The van der Waals surface area contributed by atoms with Crippen molar-refractivity contribution in [2.45, 2.75) is 51.8 Å². The molecular formula is C14H24N4O3. The first-order chi connectivity index (χ1) is 9.99. The minimum atomic E-state index is -0.339. The number of nitrogens with two attached hydrogens (primary N) is 1. The van der Waals surface area contributed by atoms with Crippen molar-refractivity contribution in [2.75, 3.05) is 13.7 Å². The Morgan fingerprint density at radius 3 is 2.95 bits per heavy atom. The molecular weight excluding hydrogens is 272 g/mol. The van der Waals surface area contributed by atoms with Gasteiger partial charge in [-0.1, -0.05) is 19.0 Å². The number of likely N-dealkylation sites (tertiary alicyclic amines) is 1. The third-order valence-corrected chi connectivity index (χ3v) is 3.82. The Kier molecular flexibility index (Phi) is 5.30. The molecule has 118 valence electrons. The summed E-state index contributed by atoms with van der Waals surface area (Å²) in [6.45, 7) is 5.40. The van der Waals surface area contributed by atoms with E-state index in [1.165, 1.54) is 0 Å². The summed E-state index contributed by atoms with van der Waals surface area (Å²) < 4.78 is 10.6. The lowest BCUT2D eigenvalue weighted by Gasteiger charge is -2.18. The highest BCUT2D eigenvalue weighted by atomic mass is 16.5. The highest BCUT2D eigenvalue weighted by Gasteiger charge is 2.36. The average molecular weight is 296 g/mol. The van der Waals surface area contributed by atoms with Gasteiger partial charge in [-0.15, -0.1) is 0 Å². The van der Waals surface area contributed by atoms with E-state index in [1.807, 2.05) is 4.90 Å². The number of amides is 1. The second-order valence-electron chi connectivity index (χ2n) is 5.98. The maximum absolute atomic E-state index is 11.5. The molecule has 1 aliphatic rings. The van der Waals surface area contributed by atoms with Crippen molar-refractivity contribution < 1.29 is 14.1 Å². The summed E-state index contributed by atoms with van der Waals surface area (Å²) in [5, 5.41) is 3.98. The van der Waals surface area contributed by atoms with Gasteiger partial charge in [-0.05, 0) is 18.8 Å². The van der Waals surface area contributed by atoms with Crippen molar-refractivity contribution in [3.63, 3.8) is 0 Å². The van der Waals surface area contributed by atoms with E-state index in [0.717, 1.165) is 18.7 Å². The number of ether oxygens (including phenoxy) is 1. The fourth-order valence-corrected chi connectivity index (χ4v) is 2.55. The molecule has 0 aromatic carbocycles. The molecule has 1 aromatic rings. The van der Waals surface area contributed by atoms with Crippen LogP contribution >= 0.6 is 0 Å². The summed E-state index contributed by atoms with van der Waals surface area (Å²) in [7, 11) is 1.64. The SMILES string of the molecule is CO[C@H]1C[C@@H](C(N)=O)N(Cc2nc(CCC(C)C)no2)C1. The first-order valence-electron chi connectivity index (χ1n) is 7.37. The fraction of sp³-hybridized carbons (Fsp3) is 0.786. The maximum atomic E-state index is 11.5. The number of aryl methyl sites for hydroxylation is 1. The lowest BCUT2D eigenvalue weighted by molar-refractivity contribution is -0.122. The molecule has 0 aliphatic carbocycles. The second-order valence-corrected chi connectivity index (χ2v) is 5.98. The molecule has 7 heteroatoms. The molecule has 1 fully saturated rings. The van der Waals surface area contributed by atoms with E-state index in [2.05, 4.69) is 24.0 Å². The van der Waals surface area contributed by atoms with Crippen LogP contribution in [-0.2, 0) is 22.5 Å². The van der Waals surface area contributed by atoms with Crippen LogP contribution in [0.5, 0.6) is 0 Å². The highest BCUT2D eigenvalue weighted by molar-refractivity contribution is 5.80. The third kappa shape index (κ3) is 4.25. The summed E-state index contributed by atoms with van der Waals surface area (Å²) in [6.07, 6.45) is 2.46. The molecule has 2 N–H and O–H groups in total. The van der Waals surface area contributed by atoms with E-state index in [9.17, 15) is 4.79 Å². The third-order valence-electron chi connectivity index (χ3n) is 3.82. The first-order valence-corrected chi connectivity index (χ1v) is 7.37. The molecule has 1 amide bonds. The standard InChI is InChI=1S/C14H24N4O3/c1-9(2)4-5-12-16-13(21-17-12)8-18-7-10(20-3)6-11(18)14(15)19/h9-11H,4-8H2,1-3H3,(H2,15,19)/t10-,11-/m0/s1. The van der Waals surface area contributed by atoms with Gasteiger partial charge in [-0.25, -0.2) is 0 Å². The second kappa shape index (κ2) is 7.00. The Morgan fingerprint density at radius 1 is 1.57 bits per heavy atom. The van der Waals surface area contributed by atoms with Gasteiger partial charge in [-0.2, -0.15) is 4.98 Å². The summed E-state index contributed by atoms with van der Waals surface area (Å²) in [6, 6.07) is -0.332. The summed E-state index contributed by atoms with van der Waals surface area (Å²) in [5.74, 6) is 1.51. The zero-order valence-electron chi connectivity index (χ0n) is 12.9. The van der Waals surface area contributed by atoms with Crippen molar-refractivity contribution in [3.05, 3.63) is 11.7 Å². The molecule has 0 saturated carbocycles. The number of hydrogen-bond donors (Lipinski definition) is 1. The molecule has 2 atom stereocenters. The van der Waals surface area contributed by atoms with Crippen molar-refractivity contribution in [2.24, 2.45) is 11.7 Å². The van der Waals surface area contributed by atoms with Crippen LogP contribution in [0, 0.1) is 5.92 Å². The van der Waals surface area contributed by atoms with E-state index >= 15 is 0 Å². The van der Waals surface area contributed by atoms with Gasteiger partial charge in [0.15, 0.2) is 5.82 Å². The number of aromatic nitrogens is 2. The zero-order valence-corrected chi connectivity index (χ0v) is 12.9. The molecule has 2 heterocycles. The van der Waals surface area contributed by atoms with Gasteiger partial charge in [0.25, 0.3) is 0 Å². The van der Waals surface area contributed by atoms with E-state index in [0.29, 0.717) is 31.3 Å². The van der Waals surface area contributed by atoms with Gasteiger partial charge in [0.1, 0.15) is 0 Å². The lowest BCUT2D eigenvalue weighted by Crippen LogP contribution is -2.39. The number of carbonyl (C=O) groups excluding carboxylic acids is 1. The van der Waals surface area contributed by atoms with Gasteiger partial charge in [0.05, 0.1) is 18.7 Å². The molecule has 21 heavy (non-hydrogen) atoms. The molecule has 0 unspecified atom stereocenters. The number of rotatable bonds is 7. The number of carbonyl (C=O) groups is 1. The topological polar surface area (TPSA) is 94.5 Å². The van der Waals surface area contributed by atoms with Crippen LogP contribution in [0.3, 0.4) is 0 Å². The Labute approximate surface area is 124 Å². The van der Waals surface area contributed by atoms with E-state index in [4.69, 9.17) is 15.0 Å². The molecule has 1 aliphatic heterocycles. The summed E-state index contributed by atoms with van der Waals surface area (Å²) >= 11 is 0.